The third-order valence-corrected chi connectivity index (χ3v) is 5.33. The van der Waals surface area contributed by atoms with Crippen LogP contribution in [-0.2, 0) is 17.1 Å². The number of hydrogen-bond donors (Lipinski definition) is 2. The van der Waals surface area contributed by atoms with E-state index < -0.39 is 12.0 Å². The zero-order chi connectivity index (χ0) is 22.6. The number of amides is 3. The van der Waals surface area contributed by atoms with Crippen molar-refractivity contribution in [2.45, 2.75) is 31.7 Å². The van der Waals surface area contributed by atoms with Crippen LogP contribution in [0.2, 0.25) is 0 Å². The Bertz CT molecular complexity index is 977. The third-order valence-electron chi connectivity index (χ3n) is 5.33. The Morgan fingerprint density at radius 1 is 1.26 bits per heavy atom. The fourth-order valence-corrected chi connectivity index (χ4v) is 3.74. The lowest BCUT2D eigenvalue weighted by atomic mass is 9.90. The average Bonchev–Trinajstić information content (AvgIpc) is 2.76. The topological polar surface area (TPSA) is 84.7 Å². The highest BCUT2D eigenvalue weighted by atomic mass is 19.3. The number of benzene rings is 2. The van der Waals surface area contributed by atoms with Crippen molar-refractivity contribution in [2.24, 2.45) is 5.73 Å². The quantitative estimate of drug-likeness (QED) is 0.645. The molecule has 164 valence electrons. The van der Waals surface area contributed by atoms with Crippen molar-refractivity contribution in [3.8, 4) is 11.5 Å². The van der Waals surface area contributed by atoms with Crippen molar-refractivity contribution in [2.75, 3.05) is 13.1 Å². The fraction of sp³-hybridized carbons (Fsp3) is 0.304. The van der Waals surface area contributed by atoms with E-state index >= 15 is 0 Å². The molecule has 0 fully saturated rings. The summed E-state index contributed by atoms with van der Waals surface area (Å²) in [5, 5.41) is 2.34. The summed E-state index contributed by atoms with van der Waals surface area (Å²) in [4.78, 5) is 25.2. The standard InChI is InChI=1S/C23H25F2N3O3/c1-3-20-19-13-18(31-17-9-6-16(7-10-17)23(24,25)4-2)8-5-15(19)11-12-28(20)21(29)14-27-22(26)30/h4-10,13,20H,2-3,11-12,14H2,1H3,(H3,26,27,30). The fourth-order valence-electron chi connectivity index (χ4n) is 3.74. The number of urea groups is 1. The number of allylic oxidation sites excluding steroid dienone is 1. The molecule has 3 N–H and O–H groups in total. The van der Waals surface area contributed by atoms with Gasteiger partial charge >= 0.3 is 6.03 Å². The molecule has 1 atom stereocenters. The van der Waals surface area contributed by atoms with Crippen molar-refractivity contribution in [3.63, 3.8) is 0 Å². The Hall–Kier alpha value is -3.42. The van der Waals surface area contributed by atoms with Gasteiger partial charge in [0.1, 0.15) is 11.5 Å². The van der Waals surface area contributed by atoms with Crippen molar-refractivity contribution in [1.29, 1.82) is 0 Å². The Balaban J connectivity index is 1.79. The maximum Gasteiger partial charge on any atom is 0.312 e. The van der Waals surface area contributed by atoms with Gasteiger partial charge in [0.05, 0.1) is 12.6 Å². The Morgan fingerprint density at radius 2 is 1.94 bits per heavy atom. The van der Waals surface area contributed by atoms with Gasteiger partial charge in [0, 0.05) is 12.1 Å². The largest absolute Gasteiger partial charge is 0.457 e. The SMILES string of the molecule is C=CC(F)(F)c1ccc(Oc2ccc3c(c2)C(CC)N(C(=O)CNC(N)=O)CC3)cc1. The number of alkyl halides is 2. The van der Waals surface area contributed by atoms with Gasteiger partial charge in [-0.2, -0.15) is 8.78 Å². The van der Waals surface area contributed by atoms with Gasteiger partial charge in [-0.3, -0.25) is 4.79 Å². The monoisotopic (exact) mass is 429 g/mol. The molecule has 1 aliphatic rings. The van der Waals surface area contributed by atoms with Crippen LogP contribution < -0.4 is 15.8 Å². The van der Waals surface area contributed by atoms with E-state index in [9.17, 15) is 18.4 Å². The van der Waals surface area contributed by atoms with Gasteiger partial charge in [0.2, 0.25) is 5.91 Å². The molecule has 1 unspecified atom stereocenters. The number of nitrogens with zero attached hydrogens (tertiary/aromatic N) is 1. The second-order valence-electron chi connectivity index (χ2n) is 7.29. The van der Waals surface area contributed by atoms with Gasteiger partial charge in [-0.15, -0.1) is 0 Å². The molecule has 0 radical (unpaired) electrons. The van der Waals surface area contributed by atoms with Crippen molar-refractivity contribution >= 4 is 11.9 Å². The summed E-state index contributed by atoms with van der Waals surface area (Å²) in [5.74, 6) is -2.34. The first kappa shape index (κ1) is 22.3. The number of carbonyl (C=O) groups excluding carboxylic acids is 2. The van der Waals surface area contributed by atoms with Crippen LogP contribution in [0.15, 0.2) is 55.1 Å². The van der Waals surface area contributed by atoms with Crippen molar-refractivity contribution in [3.05, 3.63) is 71.8 Å². The number of hydrogen-bond acceptors (Lipinski definition) is 3. The molecule has 2 aromatic carbocycles. The predicted octanol–water partition coefficient (Wildman–Crippen LogP) is 4.26. The minimum absolute atomic E-state index is 0.154. The van der Waals surface area contributed by atoms with Gasteiger partial charge in [-0.05, 0) is 66.4 Å². The smallest absolute Gasteiger partial charge is 0.312 e. The van der Waals surface area contributed by atoms with Gasteiger partial charge in [0.25, 0.3) is 5.92 Å². The number of fused-ring (bicyclic) bond motifs is 1. The molecular formula is C23H25F2N3O3. The molecule has 2 aromatic rings. The first-order chi connectivity index (χ1) is 14.7. The van der Waals surface area contributed by atoms with Crippen LogP contribution in [0.1, 0.15) is 36.1 Å². The molecule has 8 heteroatoms. The van der Waals surface area contributed by atoms with E-state index in [2.05, 4.69) is 11.9 Å². The number of nitrogens with two attached hydrogens (primary N) is 1. The van der Waals surface area contributed by atoms with Crippen LogP contribution in [0.25, 0.3) is 0 Å². The van der Waals surface area contributed by atoms with E-state index in [1.54, 1.807) is 4.90 Å². The number of nitrogens with one attached hydrogen (secondary N) is 1. The van der Waals surface area contributed by atoms with E-state index in [-0.39, 0.29) is 24.1 Å². The lowest BCUT2D eigenvalue weighted by Gasteiger charge is -2.37. The normalized spacial score (nSPS) is 15.7. The number of rotatable bonds is 7. The molecule has 3 rings (SSSR count). The molecule has 0 bridgehead atoms. The highest BCUT2D eigenvalue weighted by Gasteiger charge is 2.30. The molecule has 31 heavy (non-hydrogen) atoms. The molecule has 0 saturated heterocycles. The zero-order valence-corrected chi connectivity index (χ0v) is 17.2. The van der Waals surface area contributed by atoms with E-state index in [1.165, 1.54) is 24.3 Å². The highest BCUT2D eigenvalue weighted by Crippen LogP contribution is 2.36. The van der Waals surface area contributed by atoms with Crippen LogP contribution in [0.3, 0.4) is 0 Å². The minimum Gasteiger partial charge on any atom is -0.457 e. The first-order valence-corrected chi connectivity index (χ1v) is 10.0. The molecule has 0 aromatic heterocycles. The molecule has 0 saturated carbocycles. The van der Waals surface area contributed by atoms with Crippen LogP contribution in [-0.4, -0.2) is 29.9 Å². The summed E-state index contributed by atoms with van der Waals surface area (Å²) in [7, 11) is 0. The van der Waals surface area contributed by atoms with Crippen molar-refractivity contribution in [1.82, 2.24) is 10.2 Å². The highest BCUT2D eigenvalue weighted by molar-refractivity contribution is 5.84. The van der Waals surface area contributed by atoms with E-state index in [4.69, 9.17) is 10.5 Å². The number of halogens is 2. The van der Waals surface area contributed by atoms with Crippen LogP contribution in [0.5, 0.6) is 11.5 Å². The summed E-state index contributed by atoms with van der Waals surface area (Å²) in [6.45, 7) is 5.53. The van der Waals surface area contributed by atoms with Crippen LogP contribution in [0, 0.1) is 0 Å². The van der Waals surface area contributed by atoms with Gasteiger partial charge in [-0.25, -0.2) is 4.79 Å². The summed E-state index contributed by atoms with van der Waals surface area (Å²) >= 11 is 0. The lowest BCUT2D eigenvalue weighted by molar-refractivity contribution is -0.133. The summed E-state index contributed by atoms with van der Waals surface area (Å²) < 4.78 is 33.3. The predicted molar refractivity (Wildman–Crippen MR) is 113 cm³/mol. The Morgan fingerprint density at radius 3 is 2.55 bits per heavy atom. The molecule has 6 nitrogen and oxygen atoms in total. The number of carbonyl (C=O) groups is 2. The number of primary amides is 1. The van der Waals surface area contributed by atoms with Gasteiger partial charge < -0.3 is 20.7 Å². The van der Waals surface area contributed by atoms with Crippen LogP contribution >= 0.6 is 0 Å². The molecule has 0 spiro atoms. The number of ether oxygens (including phenoxy) is 1. The lowest BCUT2D eigenvalue weighted by Crippen LogP contribution is -2.46. The average molecular weight is 429 g/mol. The van der Waals surface area contributed by atoms with Crippen LogP contribution in [0.4, 0.5) is 13.6 Å². The second kappa shape index (κ2) is 9.16. The van der Waals surface area contributed by atoms with E-state index in [0.29, 0.717) is 37.0 Å². The third kappa shape index (κ3) is 5.02. The summed E-state index contributed by atoms with van der Waals surface area (Å²) in [6.07, 6.45) is 1.97. The van der Waals surface area contributed by atoms with Crippen molar-refractivity contribution < 1.29 is 23.1 Å². The maximum atomic E-state index is 13.7. The van der Waals surface area contributed by atoms with Gasteiger partial charge in [-0.1, -0.05) is 19.6 Å². The molecule has 1 heterocycles. The van der Waals surface area contributed by atoms with E-state index in [0.717, 1.165) is 11.1 Å². The first-order valence-electron chi connectivity index (χ1n) is 10.0. The molecule has 0 aliphatic carbocycles. The minimum atomic E-state index is -3.10. The molecule has 1 aliphatic heterocycles. The summed E-state index contributed by atoms with van der Waals surface area (Å²) in [6, 6.07) is 10.3. The van der Waals surface area contributed by atoms with Gasteiger partial charge in [0.15, 0.2) is 0 Å². The Kier molecular flexibility index (Phi) is 6.58. The zero-order valence-electron chi connectivity index (χ0n) is 17.2. The second-order valence-corrected chi connectivity index (χ2v) is 7.29. The van der Waals surface area contributed by atoms with E-state index in [1.807, 2.05) is 25.1 Å². The molecular weight excluding hydrogens is 404 g/mol. The maximum absolute atomic E-state index is 13.7. The summed E-state index contributed by atoms with van der Waals surface area (Å²) in [5.41, 5.74) is 6.99. The molecule has 3 amide bonds. The Labute approximate surface area is 179 Å².